The van der Waals surface area contributed by atoms with Gasteiger partial charge in [-0.3, -0.25) is 0 Å². The fraction of sp³-hybridized carbons (Fsp3) is 0.353. The lowest BCUT2D eigenvalue weighted by atomic mass is 10.2. The average molecular weight is 295 g/mol. The third-order valence-electron chi connectivity index (χ3n) is 3.49. The van der Waals surface area contributed by atoms with Crippen LogP contribution >= 0.6 is 0 Å². The van der Waals surface area contributed by atoms with Crippen LogP contribution in [-0.2, 0) is 6.42 Å². The van der Waals surface area contributed by atoms with Gasteiger partial charge in [-0.25, -0.2) is 14.6 Å². The van der Waals surface area contributed by atoms with Gasteiger partial charge in [0, 0.05) is 12.5 Å². The highest BCUT2D eigenvalue weighted by molar-refractivity contribution is 5.90. The van der Waals surface area contributed by atoms with Crippen molar-refractivity contribution in [3.05, 3.63) is 41.9 Å². The first-order valence-corrected chi connectivity index (χ1v) is 7.68. The van der Waals surface area contributed by atoms with Crippen molar-refractivity contribution in [3.8, 4) is 5.69 Å². The first-order valence-electron chi connectivity index (χ1n) is 7.68. The van der Waals surface area contributed by atoms with Gasteiger partial charge in [-0.15, -0.1) is 0 Å². The molecule has 5 nitrogen and oxygen atoms in total. The summed E-state index contributed by atoms with van der Waals surface area (Å²) in [6.45, 7) is 8.28. The van der Waals surface area contributed by atoms with Gasteiger partial charge in [-0.05, 0) is 32.9 Å². The van der Waals surface area contributed by atoms with Crippen LogP contribution in [-0.4, -0.2) is 25.8 Å². The van der Waals surface area contributed by atoms with E-state index >= 15 is 0 Å². The zero-order chi connectivity index (χ0) is 15.7. The predicted octanol–water partition coefficient (Wildman–Crippen LogP) is 3.51. The molecule has 0 saturated heterocycles. The zero-order valence-corrected chi connectivity index (χ0v) is 13.5. The highest BCUT2D eigenvalue weighted by Crippen LogP contribution is 2.26. The second-order valence-corrected chi connectivity index (χ2v) is 5.67. The number of anilines is 1. The quantitative estimate of drug-likeness (QED) is 0.800. The number of para-hydroxylation sites is 1. The second kappa shape index (κ2) is 5.75. The molecule has 0 unspecified atom stereocenters. The molecular weight excluding hydrogens is 274 g/mol. The van der Waals surface area contributed by atoms with Crippen LogP contribution in [0.2, 0.25) is 0 Å². The van der Waals surface area contributed by atoms with Crippen molar-refractivity contribution in [3.63, 3.8) is 0 Å². The molecule has 0 saturated carbocycles. The predicted molar refractivity (Wildman–Crippen MR) is 89.5 cm³/mol. The summed E-state index contributed by atoms with van der Waals surface area (Å²) in [5.74, 6) is 1.70. The molecule has 0 spiro atoms. The summed E-state index contributed by atoms with van der Waals surface area (Å²) >= 11 is 0. The smallest absolute Gasteiger partial charge is 0.168 e. The fourth-order valence-corrected chi connectivity index (χ4v) is 2.51. The molecule has 0 aliphatic heterocycles. The molecule has 0 aliphatic rings. The Kier molecular flexibility index (Phi) is 3.79. The Labute approximate surface area is 130 Å². The van der Waals surface area contributed by atoms with Gasteiger partial charge in [0.05, 0.1) is 16.8 Å². The van der Waals surface area contributed by atoms with Gasteiger partial charge >= 0.3 is 0 Å². The summed E-state index contributed by atoms with van der Waals surface area (Å²) in [6.07, 6.45) is 0.793. The second-order valence-electron chi connectivity index (χ2n) is 5.67. The maximum absolute atomic E-state index is 4.71. The lowest BCUT2D eigenvalue weighted by Crippen LogP contribution is -2.13. The van der Waals surface area contributed by atoms with E-state index < -0.39 is 0 Å². The van der Waals surface area contributed by atoms with Crippen molar-refractivity contribution in [2.45, 2.75) is 40.2 Å². The largest absolute Gasteiger partial charge is 0.367 e. The summed E-state index contributed by atoms with van der Waals surface area (Å²) in [4.78, 5) is 9.36. The van der Waals surface area contributed by atoms with E-state index in [2.05, 4.69) is 36.2 Å². The van der Waals surface area contributed by atoms with Crippen LogP contribution in [0, 0.1) is 6.92 Å². The SMILES string of the molecule is CCc1nc(NC(C)C)c2c(C)nn(-c3ccccc3)c2n1. The highest BCUT2D eigenvalue weighted by atomic mass is 15.3. The summed E-state index contributed by atoms with van der Waals surface area (Å²) in [7, 11) is 0. The summed E-state index contributed by atoms with van der Waals surface area (Å²) in [5.41, 5.74) is 2.81. The minimum Gasteiger partial charge on any atom is -0.367 e. The van der Waals surface area contributed by atoms with E-state index in [0.29, 0.717) is 6.04 Å². The first kappa shape index (κ1) is 14.5. The molecule has 0 atom stereocenters. The Balaban J connectivity index is 2.28. The van der Waals surface area contributed by atoms with Gasteiger partial charge < -0.3 is 5.32 Å². The number of hydrogen-bond acceptors (Lipinski definition) is 4. The zero-order valence-electron chi connectivity index (χ0n) is 13.5. The normalized spacial score (nSPS) is 11.3. The van der Waals surface area contributed by atoms with Crippen LogP contribution in [0.5, 0.6) is 0 Å². The third kappa shape index (κ3) is 2.54. The number of fused-ring (bicyclic) bond motifs is 1. The molecule has 0 aliphatic carbocycles. The standard InChI is InChI=1S/C17H21N5/c1-5-14-19-16(18-11(2)3)15-12(4)21-22(17(15)20-14)13-9-7-6-8-10-13/h6-11H,5H2,1-4H3,(H,18,19,20). The molecule has 0 bridgehead atoms. The molecule has 5 heteroatoms. The van der Waals surface area contributed by atoms with E-state index in [1.807, 2.05) is 41.9 Å². The molecule has 1 aromatic carbocycles. The van der Waals surface area contributed by atoms with Crippen LogP contribution in [0.1, 0.15) is 32.3 Å². The summed E-state index contributed by atoms with van der Waals surface area (Å²) in [5, 5.41) is 9.10. The molecular formula is C17H21N5. The highest BCUT2D eigenvalue weighted by Gasteiger charge is 2.17. The van der Waals surface area contributed by atoms with Gasteiger partial charge in [-0.1, -0.05) is 25.1 Å². The number of aryl methyl sites for hydroxylation is 2. The molecule has 2 heterocycles. The number of benzene rings is 1. The molecule has 1 N–H and O–H groups in total. The molecule has 22 heavy (non-hydrogen) atoms. The van der Waals surface area contributed by atoms with Crippen molar-refractivity contribution in [2.75, 3.05) is 5.32 Å². The topological polar surface area (TPSA) is 55.6 Å². The minimum atomic E-state index is 0.308. The van der Waals surface area contributed by atoms with Crippen LogP contribution in [0.3, 0.4) is 0 Å². The molecule has 0 fully saturated rings. The molecule has 0 radical (unpaired) electrons. The summed E-state index contributed by atoms with van der Waals surface area (Å²) in [6, 6.07) is 10.4. The Bertz CT molecular complexity index is 790. The van der Waals surface area contributed by atoms with Gasteiger partial charge in [0.25, 0.3) is 0 Å². The lowest BCUT2D eigenvalue weighted by molar-refractivity contribution is 0.857. The van der Waals surface area contributed by atoms with E-state index in [0.717, 1.165) is 40.5 Å². The van der Waals surface area contributed by atoms with Crippen molar-refractivity contribution in [2.24, 2.45) is 0 Å². The van der Waals surface area contributed by atoms with Crippen LogP contribution in [0.25, 0.3) is 16.7 Å². The van der Waals surface area contributed by atoms with Crippen LogP contribution < -0.4 is 5.32 Å². The van der Waals surface area contributed by atoms with Crippen molar-refractivity contribution in [1.29, 1.82) is 0 Å². The Morgan fingerprint density at radius 1 is 1.14 bits per heavy atom. The Hall–Kier alpha value is -2.43. The van der Waals surface area contributed by atoms with Crippen molar-refractivity contribution in [1.82, 2.24) is 19.7 Å². The third-order valence-corrected chi connectivity index (χ3v) is 3.49. The van der Waals surface area contributed by atoms with E-state index in [4.69, 9.17) is 4.98 Å². The fourth-order valence-electron chi connectivity index (χ4n) is 2.51. The molecule has 0 amide bonds. The van der Waals surface area contributed by atoms with Gasteiger partial charge in [0.1, 0.15) is 11.6 Å². The number of hydrogen-bond donors (Lipinski definition) is 1. The molecule has 114 valence electrons. The van der Waals surface area contributed by atoms with Gasteiger partial charge in [0.15, 0.2) is 5.65 Å². The van der Waals surface area contributed by atoms with Crippen LogP contribution in [0.15, 0.2) is 30.3 Å². The lowest BCUT2D eigenvalue weighted by Gasteiger charge is -2.12. The maximum Gasteiger partial charge on any atom is 0.168 e. The molecule has 3 rings (SSSR count). The van der Waals surface area contributed by atoms with Gasteiger partial charge in [0.2, 0.25) is 0 Å². The van der Waals surface area contributed by atoms with Crippen molar-refractivity contribution < 1.29 is 0 Å². The van der Waals surface area contributed by atoms with E-state index in [9.17, 15) is 0 Å². The molecule has 3 aromatic rings. The number of nitrogens with zero attached hydrogens (tertiary/aromatic N) is 4. The Morgan fingerprint density at radius 3 is 2.50 bits per heavy atom. The van der Waals surface area contributed by atoms with E-state index in [1.165, 1.54) is 0 Å². The number of aromatic nitrogens is 4. The van der Waals surface area contributed by atoms with Gasteiger partial charge in [-0.2, -0.15) is 5.10 Å². The maximum atomic E-state index is 4.71. The average Bonchev–Trinajstić information content (AvgIpc) is 2.84. The van der Waals surface area contributed by atoms with Crippen molar-refractivity contribution >= 4 is 16.9 Å². The van der Waals surface area contributed by atoms with E-state index in [-0.39, 0.29) is 0 Å². The number of nitrogens with one attached hydrogen (secondary N) is 1. The Morgan fingerprint density at radius 2 is 1.86 bits per heavy atom. The van der Waals surface area contributed by atoms with Crippen LogP contribution in [0.4, 0.5) is 5.82 Å². The van der Waals surface area contributed by atoms with E-state index in [1.54, 1.807) is 0 Å². The summed E-state index contributed by atoms with van der Waals surface area (Å²) < 4.78 is 1.90. The number of rotatable bonds is 4. The monoisotopic (exact) mass is 295 g/mol. The minimum absolute atomic E-state index is 0.308. The first-order chi connectivity index (χ1) is 10.6. The molecule has 2 aromatic heterocycles.